The summed E-state index contributed by atoms with van der Waals surface area (Å²) in [6.07, 6.45) is 2.00. The number of halogens is 1. The standard InChI is InChI=1S/C17H19ClN2O2S2/c1-3-16(12-4-10-15(11-5-12)24(2,21)22)20-17(23)19-14-8-6-13(18)7-9-14/h4-11,16H,3H2,1-2H3,(H2,19,20,23)/t16-/m1/s1. The SMILES string of the molecule is CC[C@@H](NC(=S)Nc1ccc(Cl)cc1)c1ccc(S(C)(=O)=O)cc1. The topological polar surface area (TPSA) is 58.2 Å². The molecule has 0 radical (unpaired) electrons. The number of anilines is 1. The Kier molecular flexibility index (Phi) is 6.21. The molecule has 0 saturated heterocycles. The predicted octanol–water partition coefficient (Wildman–Crippen LogP) is 4.18. The normalized spacial score (nSPS) is 12.5. The van der Waals surface area contributed by atoms with Gasteiger partial charge in [-0.25, -0.2) is 8.42 Å². The van der Waals surface area contributed by atoms with E-state index in [-0.39, 0.29) is 6.04 Å². The van der Waals surface area contributed by atoms with Crippen molar-refractivity contribution < 1.29 is 8.42 Å². The molecule has 0 saturated carbocycles. The Balaban J connectivity index is 2.05. The van der Waals surface area contributed by atoms with Gasteiger partial charge in [0, 0.05) is 17.0 Å². The number of nitrogens with one attached hydrogen (secondary N) is 2. The van der Waals surface area contributed by atoms with Crippen LogP contribution in [0.15, 0.2) is 53.4 Å². The van der Waals surface area contributed by atoms with E-state index in [1.165, 1.54) is 6.26 Å². The van der Waals surface area contributed by atoms with Gasteiger partial charge in [-0.05, 0) is 60.6 Å². The summed E-state index contributed by atoms with van der Waals surface area (Å²) in [6.45, 7) is 2.03. The van der Waals surface area contributed by atoms with Gasteiger partial charge in [0.2, 0.25) is 0 Å². The van der Waals surface area contributed by atoms with Crippen molar-refractivity contribution in [3.63, 3.8) is 0 Å². The van der Waals surface area contributed by atoms with Crippen molar-refractivity contribution in [2.24, 2.45) is 0 Å². The Morgan fingerprint density at radius 3 is 2.21 bits per heavy atom. The fraction of sp³-hybridized carbons (Fsp3) is 0.235. The van der Waals surface area contributed by atoms with Crippen molar-refractivity contribution in [1.82, 2.24) is 5.32 Å². The van der Waals surface area contributed by atoms with Crippen molar-refractivity contribution in [3.05, 3.63) is 59.1 Å². The van der Waals surface area contributed by atoms with Gasteiger partial charge in [-0.15, -0.1) is 0 Å². The highest BCUT2D eigenvalue weighted by Crippen LogP contribution is 2.20. The lowest BCUT2D eigenvalue weighted by Gasteiger charge is -2.20. The molecular formula is C17H19ClN2O2S2. The van der Waals surface area contributed by atoms with Crippen LogP contribution in [0.3, 0.4) is 0 Å². The Morgan fingerprint density at radius 1 is 1.12 bits per heavy atom. The fourth-order valence-electron chi connectivity index (χ4n) is 2.23. The molecule has 2 aromatic carbocycles. The highest BCUT2D eigenvalue weighted by molar-refractivity contribution is 7.90. The molecular weight excluding hydrogens is 364 g/mol. The van der Waals surface area contributed by atoms with E-state index >= 15 is 0 Å². The molecule has 0 aliphatic rings. The second kappa shape index (κ2) is 7.96. The number of benzene rings is 2. The second-order valence-corrected chi connectivity index (χ2v) is 8.27. The molecule has 0 unspecified atom stereocenters. The summed E-state index contributed by atoms with van der Waals surface area (Å²) in [5.74, 6) is 0. The Labute approximate surface area is 153 Å². The molecule has 0 aromatic heterocycles. The molecule has 2 aromatic rings. The van der Waals surface area contributed by atoms with Crippen LogP contribution in [0.2, 0.25) is 5.02 Å². The van der Waals surface area contributed by atoms with Gasteiger partial charge in [0.15, 0.2) is 14.9 Å². The van der Waals surface area contributed by atoms with E-state index in [2.05, 4.69) is 10.6 Å². The summed E-state index contributed by atoms with van der Waals surface area (Å²) in [7, 11) is -3.19. The number of hydrogen-bond acceptors (Lipinski definition) is 3. The van der Waals surface area contributed by atoms with E-state index < -0.39 is 9.84 Å². The quantitative estimate of drug-likeness (QED) is 0.759. The zero-order valence-corrected chi connectivity index (χ0v) is 15.8. The Hall–Kier alpha value is -1.63. The van der Waals surface area contributed by atoms with E-state index in [1.54, 1.807) is 24.3 Å². The first-order chi connectivity index (χ1) is 11.3. The van der Waals surface area contributed by atoms with Crippen LogP contribution < -0.4 is 10.6 Å². The molecule has 0 amide bonds. The van der Waals surface area contributed by atoms with Crippen LogP contribution >= 0.6 is 23.8 Å². The number of rotatable bonds is 5. The molecule has 2 N–H and O–H groups in total. The van der Waals surface area contributed by atoms with Gasteiger partial charge in [-0.3, -0.25) is 0 Å². The highest BCUT2D eigenvalue weighted by Gasteiger charge is 2.13. The summed E-state index contributed by atoms with van der Waals surface area (Å²) in [5.41, 5.74) is 1.82. The lowest BCUT2D eigenvalue weighted by Crippen LogP contribution is -2.32. The van der Waals surface area contributed by atoms with Crippen LogP contribution in [0.4, 0.5) is 5.69 Å². The summed E-state index contributed by atoms with van der Waals surface area (Å²) < 4.78 is 23.1. The maximum absolute atomic E-state index is 11.5. The minimum absolute atomic E-state index is 0.00842. The van der Waals surface area contributed by atoms with Gasteiger partial charge in [0.05, 0.1) is 10.9 Å². The van der Waals surface area contributed by atoms with Crippen molar-refractivity contribution in [2.75, 3.05) is 11.6 Å². The first-order valence-electron chi connectivity index (χ1n) is 7.42. The molecule has 0 bridgehead atoms. The molecule has 0 fully saturated rings. The maximum Gasteiger partial charge on any atom is 0.175 e. The van der Waals surface area contributed by atoms with Gasteiger partial charge in [-0.1, -0.05) is 30.7 Å². The molecule has 24 heavy (non-hydrogen) atoms. The van der Waals surface area contributed by atoms with Gasteiger partial charge >= 0.3 is 0 Å². The number of hydrogen-bond donors (Lipinski definition) is 2. The second-order valence-electron chi connectivity index (χ2n) is 5.41. The third-order valence-electron chi connectivity index (χ3n) is 3.53. The number of sulfone groups is 1. The zero-order valence-electron chi connectivity index (χ0n) is 13.4. The minimum Gasteiger partial charge on any atom is -0.356 e. The summed E-state index contributed by atoms with van der Waals surface area (Å²) in [4.78, 5) is 0.308. The molecule has 7 heteroatoms. The first-order valence-corrected chi connectivity index (χ1v) is 10.1. The fourth-order valence-corrected chi connectivity index (χ4v) is 3.24. The predicted molar refractivity (Wildman–Crippen MR) is 103 cm³/mol. The van der Waals surface area contributed by atoms with E-state index in [4.69, 9.17) is 23.8 Å². The van der Waals surface area contributed by atoms with Crippen LogP contribution in [0.25, 0.3) is 0 Å². The highest BCUT2D eigenvalue weighted by atomic mass is 35.5. The van der Waals surface area contributed by atoms with E-state index in [0.717, 1.165) is 17.7 Å². The van der Waals surface area contributed by atoms with Crippen molar-refractivity contribution in [1.29, 1.82) is 0 Å². The molecule has 0 spiro atoms. The van der Waals surface area contributed by atoms with Gasteiger partial charge in [-0.2, -0.15) is 0 Å². The molecule has 0 heterocycles. The van der Waals surface area contributed by atoms with Gasteiger partial charge in [0.1, 0.15) is 0 Å². The lowest BCUT2D eigenvalue weighted by molar-refractivity contribution is 0.601. The molecule has 0 aliphatic heterocycles. The first kappa shape index (κ1) is 18.7. The molecule has 0 aliphatic carbocycles. The smallest absolute Gasteiger partial charge is 0.175 e. The summed E-state index contributed by atoms with van der Waals surface area (Å²) in [6, 6.07) is 14.1. The van der Waals surface area contributed by atoms with Crippen LogP contribution in [-0.2, 0) is 9.84 Å². The average Bonchev–Trinajstić information content (AvgIpc) is 2.54. The molecule has 4 nitrogen and oxygen atoms in total. The monoisotopic (exact) mass is 382 g/mol. The maximum atomic E-state index is 11.5. The molecule has 1 atom stereocenters. The Bertz CT molecular complexity index is 803. The van der Waals surface area contributed by atoms with Crippen LogP contribution in [0.1, 0.15) is 24.9 Å². The lowest BCUT2D eigenvalue weighted by atomic mass is 10.1. The number of thiocarbonyl (C=S) groups is 1. The average molecular weight is 383 g/mol. The minimum atomic E-state index is -3.19. The largest absolute Gasteiger partial charge is 0.356 e. The Morgan fingerprint density at radius 2 is 1.71 bits per heavy atom. The third-order valence-corrected chi connectivity index (χ3v) is 5.13. The zero-order chi connectivity index (χ0) is 17.7. The van der Waals surface area contributed by atoms with Crippen LogP contribution in [-0.4, -0.2) is 19.8 Å². The van der Waals surface area contributed by atoms with Crippen LogP contribution in [0, 0.1) is 0 Å². The van der Waals surface area contributed by atoms with E-state index in [9.17, 15) is 8.42 Å². The molecule has 2 rings (SSSR count). The summed E-state index contributed by atoms with van der Waals surface area (Å²) >= 11 is 11.2. The van der Waals surface area contributed by atoms with Gasteiger partial charge < -0.3 is 10.6 Å². The van der Waals surface area contributed by atoms with Gasteiger partial charge in [0.25, 0.3) is 0 Å². The summed E-state index contributed by atoms with van der Waals surface area (Å²) in [5, 5.41) is 7.51. The third kappa shape index (κ3) is 5.19. The van der Waals surface area contributed by atoms with Crippen molar-refractivity contribution in [3.8, 4) is 0 Å². The van der Waals surface area contributed by atoms with Crippen molar-refractivity contribution >= 4 is 44.5 Å². The van der Waals surface area contributed by atoms with E-state index in [1.807, 2.05) is 31.2 Å². The van der Waals surface area contributed by atoms with Crippen LogP contribution in [0.5, 0.6) is 0 Å². The molecule has 128 valence electrons. The van der Waals surface area contributed by atoms with Crippen molar-refractivity contribution in [2.45, 2.75) is 24.3 Å². The van der Waals surface area contributed by atoms with E-state index in [0.29, 0.717) is 15.0 Å².